The fourth-order valence-electron chi connectivity index (χ4n) is 3.14. The predicted molar refractivity (Wildman–Crippen MR) is 90.3 cm³/mol. The summed E-state index contributed by atoms with van der Waals surface area (Å²) in [5.41, 5.74) is -0.0104. The summed E-state index contributed by atoms with van der Waals surface area (Å²) in [4.78, 5) is 36.5. The van der Waals surface area contributed by atoms with Gasteiger partial charge in [0.1, 0.15) is 17.2 Å². The number of hydrogen-bond donors (Lipinski definition) is 3. The number of carboxylic acids is 1. The summed E-state index contributed by atoms with van der Waals surface area (Å²) in [6, 6.07) is 5.27. The van der Waals surface area contributed by atoms with Crippen LogP contribution < -0.4 is 4.74 Å². The van der Waals surface area contributed by atoms with Crippen molar-refractivity contribution in [2.75, 3.05) is 7.11 Å². The monoisotopic (exact) mass is 356 g/mol. The van der Waals surface area contributed by atoms with Crippen molar-refractivity contribution < 1.29 is 34.4 Å². The van der Waals surface area contributed by atoms with E-state index in [0.29, 0.717) is 5.56 Å². The van der Waals surface area contributed by atoms with Gasteiger partial charge in [0, 0.05) is 17.2 Å². The van der Waals surface area contributed by atoms with Crippen LogP contribution >= 0.6 is 0 Å². The zero-order valence-electron chi connectivity index (χ0n) is 14.1. The lowest BCUT2D eigenvalue weighted by Crippen LogP contribution is -2.22. The van der Waals surface area contributed by atoms with Gasteiger partial charge in [-0.25, -0.2) is 0 Å². The number of aliphatic carboxylic acids is 1. The van der Waals surface area contributed by atoms with Crippen molar-refractivity contribution in [3.63, 3.8) is 0 Å². The molecule has 3 N–H and O–H groups in total. The van der Waals surface area contributed by atoms with Crippen molar-refractivity contribution in [2.24, 2.45) is 0 Å². The first-order valence-electron chi connectivity index (χ1n) is 7.83. The minimum atomic E-state index is -1.02. The molecule has 3 rings (SSSR count). The largest absolute Gasteiger partial charge is 0.507 e. The van der Waals surface area contributed by atoms with Gasteiger partial charge in [-0.3, -0.25) is 14.4 Å². The average Bonchev–Trinajstić information content (AvgIpc) is 2.57. The van der Waals surface area contributed by atoms with Gasteiger partial charge in [0.15, 0.2) is 5.78 Å². The first-order chi connectivity index (χ1) is 12.2. The quantitative estimate of drug-likeness (QED) is 0.656. The van der Waals surface area contributed by atoms with E-state index in [0.717, 1.165) is 0 Å². The molecule has 0 aliphatic heterocycles. The Labute approximate surface area is 148 Å². The van der Waals surface area contributed by atoms with Gasteiger partial charge >= 0.3 is 5.97 Å². The van der Waals surface area contributed by atoms with Crippen molar-refractivity contribution >= 4 is 17.5 Å². The fraction of sp³-hybridized carbons (Fsp3) is 0.211. The third-order valence-corrected chi connectivity index (χ3v) is 4.46. The molecule has 1 atom stereocenters. The number of ether oxygens (including phenoxy) is 1. The second-order valence-electron chi connectivity index (χ2n) is 6.19. The molecule has 0 saturated carbocycles. The average molecular weight is 356 g/mol. The maximum atomic E-state index is 12.9. The topological polar surface area (TPSA) is 121 Å². The molecule has 0 saturated heterocycles. The van der Waals surface area contributed by atoms with Crippen LogP contribution in [-0.4, -0.2) is 40.0 Å². The van der Waals surface area contributed by atoms with Crippen LogP contribution in [-0.2, 0) is 4.79 Å². The number of ketones is 2. The van der Waals surface area contributed by atoms with Gasteiger partial charge in [0.25, 0.3) is 0 Å². The Morgan fingerprint density at radius 2 is 1.58 bits per heavy atom. The highest BCUT2D eigenvalue weighted by Gasteiger charge is 2.35. The summed E-state index contributed by atoms with van der Waals surface area (Å²) >= 11 is 0. The smallest absolute Gasteiger partial charge is 0.303 e. The van der Waals surface area contributed by atoms with Gasteiger partial charge < -0.3 is 20.1 Å². The number of fused-ring (bicyclic) bond motifs is 2. The van der Waals surface area contributed by atoms with E-state index in [4.69, 9.17) is 9.84 Å². The molecule has 26 heavy (non-hydrogen) atoms. The van der Waals surface area contributed by atoms with E-state index in [2.05, 4.69) is 0 Å². The molecule has 134 valence electrons. The number of carbonyl (C=O) groups is 3. The minimum absolute atomic E-state index is 0.0256. The van der Waals surface area contributed by atoms with E-state index in [1.165, 1.54) is 31.4 Å². The van der Waals surface area contributed by atoms with Gasteiger partial charge in [0.05, 0.1) is 24.7 Å². The molecule has 2 aromatic rings. The third kappa shape index (κ3) is 2.67. The summed E-state index contributed by atoms with van der Waals surface area (Å²) in [6.45, 7) is 1.65. The lowest BCUT2D eigenvalue weighted by Gasteiger charge is -2.22. The molecule has 0 bridgehead atoms. The molecule has 1 aliphatic carbocycles. The van der Waals surface area contributed by atoms with Crippen molar-refractivity contribution in [3.8, 4) is 17.2 Å². The zero-order valence-corrected chi connectivity index (χ0v) is 14.1. The molecule has 1 aliphatic rings. The number of phenolic OH excluding ortho intramolecular Hbond substituents is 2. The Balaban J connectivity index is 2.19. The molecule has 0 amide bonds. The van der Waals surface area contributed by atoms with Gasteiger partial charge in [-0.15, -0.1) is 0 Å². The Bertz CT molecular complexity index is 959. The first kappa shape index (κ1) is 17.5. The van der Waals surface area contributed by atoms with Crippen molar-refractivity contribution in [2.45, 2.75) is 19.3 Å². The summed E-state index contributed by atoms with van der Waals surface area (Å²) in [5.74, 6) is -3.33. The molecule has 2 aromatic carbocycles. The van der Waals surface area contributed by atoms with Crippen LogP contribution in [0.4, 0.5) is 0 Å². The summed E-state index contributed by atoms with van der Waals surface area (Å²) < 4.78 is 5.02. The Hall–Kier alpha value is -3.35. The maximum absolute atomic E-state index is 12.9. The van der Waals surface area contributed by atoms with Crippen LogP contribution in [0.15, 0.2) is 24.3 Å². The van der Waals surface area contributed by atoms with E-state index in [1.807, 2.05) is 0 Å². The minimum Gasteiger partial charge on any atom is -0.507 e. The van der Waals surface area contributed by atoms with Crippen LogP contribution in [0.2, 0.25) is 0 Å². The van der Waals surface area contributed by atoms with Crippen molar-refractivity contribution in [3.05, 3.63) is 52.1 Å². The standard InChI is InChI=1S/C19H16O7/c1-8(3-15(22)23)9-4-11-16(13(20)5-9)19(25)17-12(18(11)24)6-10(26-2)7-14(17)21/h4-8,20-21H,3H2,1-2H3,(H,22,23). The van der Waals surface area contributed by atoms with Crippen molar-refractivity contribution in [1.29, 1.82) is 0 Å². The van der Waals surface area contributed by atoms with Gasteiger partial charge in [-0.2, -0.15) is 0 Å². The highest BCUT2D eigenvalue weighted by Crippen LogP contribution is 2.40. The number of phenols is 2. The van der Waals surface area contributed by atoms with E-state index < -0.39 is 35.0 Å². The zero-order chi connectivity index (χ0) is 19.2. The molecule has 0 aromatic heterocycles. The van der Waals surface area contributed by atoms with Gasteiger partial charge in [-0.1, -0.05) is 6.92 Å². The molecule has 7 nitrogen and oxygen atoms in total. The van der Waals surface area contributed by atoms with Crippen LogP contribution in [0.3, 0.4) is 0 Å². The molecule has 0 spiro atoms. The number of carboxylic acid groups (broad SMARTS) is 1. The number of hydrogen-bond acceptors (Lipinski definition) is 6. The van der Waals surface area contributed by atoms with Crippen molar-refractivity contribution in [1.82, 2.24) is 0 Å². The summed E-state index contributed by atoms with van der Waals surface area (Å²) in [5, 5.41) is 29.4. The predicted octanol–water partition coefficient (Wildman–Crippen LogP) is 2.46. The highest BCUT2D eigenvalue weighted by atomic mass is 16.5. The first-order valence-corrected chi connectivity index (χ1v) is 7.83. The lowest BCUT2D eigenvalue weighted by molar-refractivity contribution is -0.137. The number of carbonyl (C=O) groups excluding carboxylic acids is 2. The van der Waals surface area contributed by atoms with Gasteiger partial charge in [0.2, 0.25) is 5.78 Å². The Morgan fingerprint density at radius 1 is 1.00 bits per heavy atom. The number of methoxy groups -OCH3 is 1. The second kappa shape index (κ2) is 6.18. The maximum Gasteiger partial charge on any atom is 0.303 e. The van der Waals surface area contributed by atoms with E-state index in [9.17, 15) is 24.6 Å². The van der Waals surface area contributed by atoms with Crippen LogP contribution in [0.5, 0.6) is 17.2 Å². The molecular weight excluding hydrogens is 340 g/mol. The number of benzene rings is 2. The Kier molecular flexibility index (Phi) is 4.15. The second-order valence-corrected chi connectivity index (χ2v) is 6.19. The summed E-state index contributed by atoms with van der Waals surface area (Å²) in [6.07, 6.45) is -0.189. The molecular formula is C19H16O7. The van der Waals surface area contributed by atoms with E-state index >= 15 is 0 Å². The third-order valence-electron chi connectivity index (χ3n) is 4.46. The van der Waals surface area contributed by atoms with E-state index in [-0.39, 0.29) is 34.4 Å². The number of aromatic hydroxyl groups is 2. The fourth-order valence-corrected chi connectivity index (χ4v) is 3.14. The van der Waals surface area contributed by atoms with Gasteiger partial charge in [-0.05, 0) is 29.7 Å². The van der Waals surface area contributed by atoms with E-state index in [1.54, 1.807) is 6.92 Å². The Morgan fingerprint density at radius 3 is 2.15 bits per heavy atom. The lowest BCUT2D eigenvalue weighted by atomic mass is 9.81. The highest BCUT2D eigenvalue weighted by molar-refractivity contribution is 6.30. The molecule has 1 unspecified atom stereocenters. The number of rotatable bonds is 4. The summed E-state index contributed by atoms with van der Waals surface area (Å²) in [7, 11) is 1.36. The molecule has 7 heteroatoms. The molecule has 0 radical (unpaired) electrons. The SMILES string of the molecule is COc1cc(O)c2c(c1)C(=O)c1cc(C(C)CC(=O)O)cc(O)c1C2=O. The van der Waals surface area contributed by atoms with Crippen LogP contribution in [0.1, 0.15) is 56.7 Å². The molecule has 0 heterocycles. The van der Waals surface area contributed by atoms with Crippen LogP contribution in [0.25, 0.3) is 0 Å². The molecule has 0 fully saturated rings. The van der Waals surface area contributed by atoms with Crippen LogP contribution in [0, 0.1) is 0 Å². The normalized spacial score (nSPS) is 13.8.